The van der Waals surface area contributed by atoms with Crippen LogP contribution in [0.3, 0.4) is 0 Å². The molecule has 12 heteroatoms. The zero-order valence-electron chi connectivity index (χ0n) is 20.1. The smallest absolute Gasteiger partial charge is 0.326 e. The first-order valence-electron chi connectivity index (χ1n) is 11.9. The summed E-state index contributed by atoms with van der Waals surface area (Å²) >= 11 is 0. The maximum atomic E-state index is 13.0. The Labute approximate surface area is 200 Å². The van der Waals surface area contributed by atoms with E-state index in [9.17, 15) is 29.1 Å². The van der Waals surface area contributed by atoms with Gasteiger partial charge in [-0.1, -0.05) is 13.8 Å². The van der Waals surface area contributed by atoms with E-state index < -0.39 is 47.9 Å². The number of carboxylic acid groups (broad SMARTS) is 1. The minimum atomic E-state index is -1.21. The highest BCUT2D eigenvalue weighted by Gasteiger charge is 2.38. The Bertz CT molecular complexity index is 731. The van der Waals surface area contributed by atoms with Gasteiger partial charge in [0.05, 0.1) is 6.04 Å². The average molecular weight is 485 g/mol. The van der Waals surface area contributed by atoms with Gasteiger partial charge in [0, 0.05) is 13.0 Å². The Kier molecular flexibility index (Phi) is 12.5. The number of nitrogens with one attached hydrogen (secondary N) is 2. The van der Waals surface area contributed by atoms with E-state index in [0.29, 0.717) is 45.2 Å². The second-order valence-corrected chi connectivity index (χ2v) is 9.18. The van der Waals surface area contributed by atoms with Crippen LogP contribution in [0.5, 0.6) is 0 Å². The van der Waals surface area contributed by atoms with E-state index in [1.54, 1.807) is 0 Å². The fourth-order valence-corrected chi connectivity index (χ4v) is 3.97. The van der Waals surface area contributed by atoms with E-state index in [4.69, 9.17) is 17.2 Å². The van der Waals surface area contributed by atoms with Gasteiger partial charge in [-0.25, -0.2) is 4.79 Å². The lowest BCUT2D eigenvalue weighted by Crippen LogP contribution is -2.56. The van der Waals surface area contributed by atoms with Gasteiger partial charge in [-0.15, -0.1) is 0 Å². The van der Waals surface area contributed by atoms with Crippen LogP contribution >= 0.6 is 0 Å². The van der Waals surface area contributed by atoms with Crippen molar-refractivity contribution in [2.45, 2.75) is 89.4 Å². The van der Waals surface area contributed by atoms with E-state index >= 15 is 0 Å². The van der Waals surface area contributed by atoms with Crippen molar-refractivity contribution in [1.29, 1.82) is 0 Å². The van der Waals surface area contributed by atoms with Gasteiger partial charge >= 0.3 is 5.97 Å². The van der Waals surface area contributed by atoms with Gasteiger partial charge in [0.15, 0.2) is 0 Å². The zero-order valence-corrected chi connectivity index (χ0v) is 20.1. The minimum Gasteiger partial charge on any atom is -0.480 e. The molecular weight excluding hydrogens is 444 g/mol. The zero-order chi connectivity index (χ0) is 25.8. The molecule has 4 amide bonds. The lowest BCUT2D eigenvalue weighted by atomic mass is 10.0. The number of carboxylic acids is 1. The van der Waals surface area contributed by atoms with Gasteiger partial charge < -0.3 is 37.8 Å². The average Bonchev–Trinajstić information content (AvgIpc) is 3.24. The number of rotatable bonds is 15. The van der Waals surface area contributed by atoms with Crippen molar-refractivity contribution in [2.24, 2.45) is 23.1 Å². The third kappa shape index (κ3) is 9.64. The summed E-state index contributed by atoms with van der Waals surface area (Å²) in [6.45, 7) is 4.67. The van der Waals surface area contributed by atoms with E-state index in [0.717, 1.165) is 0 Å². The molecule has 0 aromatic heterocycles. The van der Waals surface area contributed by atoms with Crippen LogP contribution in [0.2, 0.25) is 0 Å². The molecule has 0 spiro atoms. The molecule has 0 aromatic carbocycles. The Morgan fingerprint density at radius 3 is 2.29 bits per heavy atom. The summed E-state index contributed by atoms with van der Waals surface area (Å²) in [7, 11) is 0. The third-order valence-corrected chi connectivity index (χ3v) is 5.75. The molecule has 0 aromatic rings. The van der Waals surface area contributed by atoms with Crippen LogP contribution in [-0.4, -0.2) is 76.9 Å². The predicted molar refractivity (Wildman–Crippen MR) is 125 cm³/mol. The first-order valence-corrected chi connectivity index (χ1v) is 11.9. The van der Waals surface area contributed by atoms with Crippen LogP contribution in [-0.2, 0) is 24.0 Å². The standard InChI is InChI=1S/C22H40N6O6/c1-13(2)12-14(24)21(32)28-11-5-7-17(28)20(31)26-15(8-9-18(25)29)19(30)27-16(22(33)34)6-3-4-10-23/h13-17H,3-12,23-24H2,1-2H3,(H2,25,29)(H,26,31)(H,27,30)(H,33,34). The van der Waals surface area contributed by atoms with Gasteiger partial charge in [-0.3, -0.25) is 19.2 Å². The van der Waals surface area contributed by atoms with Crippen molar-refractivity contribution in [3.63, 3.8) is 0 Å². The second-order valence-electron chi connectivity index (χ2n) is 9.18. The van der Waals surface area contributed by atoms with Crippen molar-refractivity contribution in [1.82, 2.24) is 15.5 Å². The topological polar surface area (TPSA) is 211 Å². The lowest BCUT2D eigenvalue weighted by molar-refractivity contribution is -0.143. The number of nitrogens with zero attached hydrogens (tertiary/aromatic N) is 1. The first-order chi connectivity index (χ1) is 16.0. The molecule has 0 radical (unpaired) electrons. The van der Waals surface area contributed by atoms with Crippen molar-refractivity contribution in [2.75, 3.05) is 13.1 Å². The second kappa shape index (κ2) is 14.5. The predicted octanol–water partition coefficient (Wildman–Crippen LogP) is -1.20. The van der Waals surface area contributed by atoms with E-state index in [-0.39, 0.29) is 31.1 Å². The molecule has 12 nitrogen and oxygen atoms in total. The Balaban J connectivity index is 2.91. The van der Waals surface area contributed by atoms with Crippen LogP contribution in [0.15, 0.2) is 0 Å². The Morgan fingerprint density at radius 2 is 1.74 bits per heavy atom. The number of aliphatic carboxylic acids is 1. The summed E-state index contributed by atoms with van der Waals surface area (Å²) in [5.41, 5.74) is 16.7. The van der Waals surface area contributed by atoms with Crippen LogP contribution in [0, 0.1) is 5.92 Å². The Morgan fingerprint density at radius 1 is 1.06 bits per heavy atom. The number of nitrogens with two attached hydrogens (primary N) is 3. The Hall–Kier alpha value is -2.73. The number of carbonyl (C=O) groups excluding carboxylic acids is 4. The molecule has 1 aliphatic heterocycles. The summed E-state index contributed by atoms with van der Waals surface area (Å²) in [5, 5.41) is 14.4. The maximum Gasteiger partial charge on any atom is 0.326 e. The molecule has 194 valence electrons. The van der Waals surface area contributed by atoms with Crippen LogP contribution in [0.1, 0.15) is 65.2 Å². The quantitative estimate of drug-likeness (QED) is 0.155. The fourth-order valence-electron chi connectivity index (χ4n) is 3.97. The number of hydrogen-bond donors (Lipinski definition) is 6. The molecule has 0 bridgehead atoms. The number of likely N-dealkylation sites (tertiary alicyclic amines) is 1. The normalized spacial score (nSPS) is 18.3. The first kappa shape index (κ1) is 29.3. The number of carbonyl (C=O) groups is 5. The summed E-state index contributed by atoms with van der Waals surface area (Å²) in [6, 6.07) is -3.87. The van der Waals surface area contributed by atoms with Gasteiger partial charge in [0.1, 0.15) is 18.1 Å². The summed E-state index contributed by atoms with van der Waals surface area (Å²) in [5.74, 6) is -3.28. The van der Waals surface area contributed by atoms with Crippen LogP contribution in [0.4, 0.5) is 0 Å². The number of primary amides is 1. The molecule has 0 saturated carbocycles. The fraction of sp³-hybridized carbons (Fsp3) is 0.773. The molecule has 1 saturated heterocycles. The number of hydrogen-bond acceptors (Lipinski definition) is 7. The van der Waals surface area contributed by atoms with E-state index in [1.807, 2.05) is 13.8 Å². The number of unbranched alkanes of at least 4 members (excludes halogenated alkanes) is 1. The highest BCUT2D eigenvalue weighted by Crippen LogP contribution is 2.20. The van der Waals surface area contributed by atoms with Crippen LogP contribution < -0.4 is 27.8 Å². The van der Waals surface area contributed by atoms with Gasteiger partial charge in [-0.05, 0) is 57.4 Å². The maximum absolute atomic E-state index is 13.0. The molecule has 4 unspecified atom stereocenters. The van der Waals surface area contributed by atoms with Gasteiger partial charge in [-0.2, -0.15) is 0 Å². The van der Waals surface area contributed by atoms with Crippen LogP contribution in [0.25, 0.3) is 0 Å². The highest BCUT2D eigenvalue weighted by molar-refractivity contribution is 5.94. The van der Waals surface area contributed by atoms with Crippen molar-refractivity contribution >= 4 is 29.6 Å². The van der Waals surface area contributed by atoms with Crippen molar-refractivity contribution < 1.29 is 29.1 Å². The van der Waals surface area contributed by atoms with Crippen molar-refractivity contribution in [3.8, 4) is 0 Å². The van der Waals surface area contributed by atoms with Crippen molar-refractivity contribution in [3.05, 3.63) is 0 Å². The van der Waals surface area contributed by atoms with E-state index in [1.165, 1.54) is 4.90 Å². The monoisotopic (exact) mass is 484 g/mol. The molecule has 4 atom stereocenters. The summed E-state index contributed by atoms with van der Waals surface area (Å²) in [4.78, 5) is 62.9. The minimum absolute atomic E-state index is 0.102. The molecule has 1 rings (SSSR count). The SMILES string of the molecule is CC(C)CC(N)C(=O)N1CCCC1C(=O)NC(CCC(N)=O)C(=O)NC(CCCCN)C(=O)O. The molecule has 34 heavy (non-hydrogen) atoms. The summed E-state index contributed by atoms with van der Waals surface area (Å²) < 4.78 is 0. The third-order valence-electron chi connectivity index (χ3n) is 5.75. The largest absolute Gasteiger partial charge is 0.480 e. The van der Waals surface area contributed by atoms with Gasteiger partial charge in [0.2, 0.25) is 23.6 Å². The lowest BCUT2D eigenvalue weighted by Gasteiger charge is -2.29. The highest BCUT2D eigenvalue weighted by atomic mass is 16.4. The number of amides is 4. The molecule has 0 aliphatic carbocycles. The van der Waals surface area contributed by atoms with Gasteiger partial charge in [0.25, 0.3) is 0 Å². The molecule has 1 heterocycles. The van der Waals surface area contributed by atoms with E-state index in [2.05, 4.69) is 10.6 Å². The molecule has 9 N–H and O–H groups in total. The molecular formula is C22H40N6O6. The summed E-state index contributed by atoms with van der Waals surface area (Å²) in [6.07, 6.45) is 2.49. The molecule has 1 aliphatic rings. The molecule has 1 fully saturated rings.